The number of hydrogen-bond donors (Lipinski definition) is 1. The number of carbonyl (C=O) groups excluding carboxylic acids is 1. The molecular formula is C12H9BrCl2FN3O. The molecule has 2 aromatic rings. The first kappa shape index (κ1) is 15.3. The SMILES string of the molecule is O=C(CCl)Nc1nn(Cc2c(F)cccc2Cl)cc1Br. The Bertz CT molecular complexity index is 627. The van der Waals surface area contributed by atoms with Gasteiger partial charge >= 0.3 is 0 Å². The highest BCUT2D eigenvalue weighted by Gasteiger charge is 2.12. The summed E-state index contributed by atoms with van der Waals surface area (Å²) in [4.78, 5) is 11.2. The van der Waals surface area contributed by atoms with Crippen molar-refractivity contribution in [2.24, 2.45) is 0 Å². The summed E-state index contributed by atoms with van der Waals surface area (Å²) in [6.45, 7) is 0.154. The van der Waals surface area contributed by atoms with Gasteiger partial charge in [0.05, 0.1) is 11.0 Å². The Kier molecular flexibility index (Phi) is 5.01. The lowest BCUT2D eigenvalue weighted by atomic mass is 10.2. The van der Waals surface area contributed by atoms with Crippen LogP contribution in [0.5, 0.6) is 0 Å². The van der Waals surface area contributed by atoms with Crippen LogP contribution in [0.4, 0.5) is 10.2 Å². The number of halogens is 4. The molecule has 2 rings (SSSR count). The van der Waals surface area contributed by atoms with E-state index in [9.17, 15) is 9.18 Å². The molecule has 0 unspecified atom stereocenters. The maximum atomic E-state index is 13.7. The molecular weight excluding hydrogens is 372 g/mol. The zero-order valence-electron chi connectivity index (χ0n) is 10.0. The summed E-state index contributed by atoms with van der Waals surface area (Å²) in [7, 11) is 0. The van der Waals surface area contributed by atoms with Crippen molar-refractivity contribution < 1.29 is 9.18 Å². The minimum absolute atomic E-state index is 0.154. The van der Waals surface area contributed by atoms with Crippen LogP contribution < -0.4 is 5.32 Å². The molecule has 1 N–H and O–H groups in total. The van der Waals surface area contributed by atoms with Crippen molar-refractivity contribution in [2.45, 2.75) is 6.54 Å². The Morgan fingerprint density at radius 3 is 2.90 bits per heavy atom. The van der Waals surface area contributed by atoms with Crippen LogP contribution in [0.1, 0.15) is 5.56 Å². The highest BCUT2D eigenvalue weighted by atomic mass is 79.9. The van der Waals surface area contributed by atoms with Crippen molar-refractivity contribution in [1.82, 2.24) is 9.78 Å². The second-order valence-corrected chi connectivity index (χ2v) is 5.43. The van der Waals surface area contributed by atoms with Gasteiger partial charge < -0.3 is 5.32 Å². The number of nitrogens with one attached hydrogen (secondary N) is 1. The Morgan fingerprint density at radius 1 is 1.50 bits per heavy atom. The summed E-state index contributed by atoms with van der Waals surface area (Å²) in [6, 6.07) is 4.47. The van der Waals surface area contributed by atoms with E-state index in [0.717, 1.165) is 0 Å². The maximum absolute atomic E-state index is 13.7. The van der Waals surface area contributed by atoms with E-state index < -0.39 is 5.82 Å². The van der Waals surface area contributed by atoms with E-state index in [1.165, 1.54) is 16.8 Å². The molecule has 0 saturated carbocycles. The van der Waals surface area contributed by atoms with Gasteiger partial charge in [-0.15, -0.1) is 11.6 Å². The van der Waals surface area contributed by atoms with Crippen molar-refractivity contribution in [3.05, 3.63) is 45.3 Å². The lowest BCUT2D eigenvalue weighted by Gasteiger charge is -2.05. The van der Waals surface area contributed by atoms with Crippen LogP contribution in [-0.4, -0.2) is 21.6 Å². The Balaban J connectivity index is 2.23. The molecule has 0 fully saturated rings. The summed E-state index contributed by atoms with van der Waals surface area (Å²) in [5.41, 5.74) is 0.333. The van der Waals surface area contributed by atoms with Gasteiger partial charge in [-0.25, -0.2) is 4.39 Å². The average Bonchev–Trinajstić information content (AvgIpc) is 2.74. The molecule has 106 valence electrons. The van der Waals surface area contributed by atoms with Gasteiger partial charge in [0, 0.05) is 16.8 Å². The first-order valence-corrected chi connectivity index (χ1v) is 7.23. The first-order valence-electron chi connectivity index (χ1n) is 5.53. The zero-order chi connectivity index (χ0) is 14.7. The normalized spacial score (nSPS) is 10.6. The van der Waals surface area contributed by atoms with Crippen molar-refractivity contribution in [3.8, 4) is 0 Å². The molecule has 0 aliphatic carbocycles. The zero-order valence-corrected chi connectivity index (χ0v) is 13.1. The maximum Gasteiger partial charge on any atom is 0.240 e. The van der Waals surface area contributed by atoms with Crippen LogP contribution in [0.3, 0.4) is 0 Å². The van der Waals surface area contributed by atoms with E-state index in [-0.39, 0.29) is 18.3 Å². The number of benzene rings is 1. The van der Waals surface area contributed by atoms with Crippen LogP contribution in [0.15, 0.2) is 28.9 Å². The van der Waals surface area contributed by atoms with E-state index in [2.05, 4.69) is 26.3 Å². The van der Waals surface area contributed by atoms with Gasteiger partial charge in [-0.3, -0.25) is 9.48 Å². The molecule has 0 radical (unpaired) electrons. The second kappa shape index (κ2) is 6.56. The standard InChI is InChI=1S/C12H9BrCl2FN3O/c13-8-6-19(18-12(8)17-11(20)4-14)5-7-9(15)2-1-3-10(7)16/h1-3,6H,4-5H2,(H,17,18,20). The predicted octanol–water partition coefficient (Wildman–Crippen LogP) is 3.66. The molecule has 0 spiro atoms. The Morgan fingerprint density at radius 2 is 2.25 bits per heavy atom. The summed E-state index contributed by atoms with van der Waals surface area (Å²) < 4.78 is 15.7. The van der Waals surface area contributed by atoms with Gasteiger partial charge in [-0.05, 0) is 28.1 Å². The highest BCUT2D eigenvalue weighted by molar-refractivity contribution is 9.10. The van der Waals surface area contributed by atoms with Crippen LogP contribution in [-0.2, 0) is 11.3 Å². The second-order valence-electron chi connectivity index (χ2n) is 3.91. The summed E-state index contributed by atoms with van der Waals surface area (Å²) >= 11 is 14.6. The van der Waals surface area contributed by atoms with Gasteiger partial charge in [0.2, 0.25) is 5.91 Å². The van der Waals surface area contributed by atoms with Crippen molar-refractivity contribution >= 4 is 50.9 Å². The van der Waals surface area contributed by atoms with E-state index in [4.69, 9.17) is 23.2 Å². The quantitative estimate of drug-likeness (QED) is 0.822. The van der Waals surface area contributed by atoms with Crippen LogP contribution >= 0.6 is 39.1 Å². The van der Waals surface area contributed by atoms with Crippen molar-refractivity contribution in [2.75, 3.05) is 11.2 Å². The van der Waals surface area contributed by atoms with E-state index in [0.29, 0.717) is 20.9 Å². The molecule has 4 nitrogen and oxygen atoms in total. The number of anilines is 1. The first-order chi connectivity index (χ1) is 9.51. The third-order valence-electron chi connectivity index (χ3n) is 2.48. The monoisotopic (exact) mass is 379 g/mol. The Hall–Kier alpha value is -1.11. The number of nitrogens with zero attached hydrogens (tertiary/aromatic N) is 2. The van der Waals surface area contributed by atoms with Gasteiger partial charge in [0.1, 0.15) is 11.7 Å². The van der Waals surface area contributed by atoms with Crippen LogP contribution in [0.25, 0.3) is 0 Å². The summed E-state index contributed by atoms with van der Waals surface area (Å²) in [6.07, 6.45) is 1.62. The summed E-state index contributed by atoms with van der Waals surface area (Å²) in [5, 5.41) is 6.97. The molecule has 8 heteroatoms. The number of rotatable bonds is 4. The minimum Gasteiger partial charge on any atom is -0.307 e. The van der Waals surface area contributed by atoms with E-state index in [1.807, 2.05) is 0 Å². The van der Waals surface area contributed by atoms with E-state index in [1.54, 1.807) is 12.3 Å². The smallest absolute Gasteiger partial charge is 0.240 e. The van der Waals surface area contributed by atoms with Gasteiger partial charge in [0.25, 0.3) is 0 Å². The molecule has 20 heavy (non-hydrogen) atoms. The minimum atomic E-state index is -0.407. The topological polar surface area (TPSA) is 46.9 Å². The molecule has 0 saturated heterocycles. The van der Waals surface area contributed by atoms with E-state index >= 15 is 0 Å². The fourth-order valence-corrected chi connectivity index (χ4v) is 2.28. The number of aromatic nitrogens is 2. The van der Waals surface area contributed by atoms with Crippen molar-refractivity contribution in [3.63, 3.8) is 0 Å². The largest absolute Gasteiger partial charge is 0.307 e. The molecule has 0 aliphatic heterocycles. The molecule has 1 amide bonds. The number of amides is 1. The third-order valence-corrected chi connectivity index (χ3v) is 3.66. The van der Waals surface area contributed by atoms with Gasteiger partial charge in [0.15, 0.2) is 5.82 Å². The molecule has 0 atom stereocenters. The predicted molar refractivity (Wildman–Crippen MR) is 79.8 cm³/mol. The molecule has 1 aromatic heterocycles. The third kappa shape index (κ3) is 3.50. The van der Waals surface area contributed by atoms with Crippen LogP contribution in [0.2, 0.25) is 5.02 Å². The highest BCUT2D eigenvalue weighted by Crippen LogP contribution is 2.24. The lowest BCUT2D eigenvalue weighted by molar-refractivity contribution is -0.113. The fourth-order valence-electron chi connectivity index (χ4n) is 1.57. The molecule has 0 aliphatic rings. The number of carbonyl (C=O) groups is 1. The number of alkyl halides is 1. The molecule has 0 bridgehead atoms. The summed E-state index contributed by atoms with van der Waals surface area (Å²) in [5.74, 6) is -0.626. The number of hydrogen-bond acceptors (Lipinski definition) is 2. The Labute approximate surface area is 133 Å². The van der Waals surface area contributed by atoms with Crippen molar-refractivity contribution in [1.29, 1.82) is 0 Å². The fraction of sp³-hybridized carbons (Fsp3) is 0.167. The van der Waals surface area contributed by atoms with Gasteiger partial charge in [-0.1, -0.05) is 17.7 Å². The lowest BCUT2D eigenvalue weighted by Crippen LogP contribution is -2.14. The molecule has 1 heterocycles. The van der Waals surface area contributed by atoms with Crippen LogP contribution in [0, 0.1) is 5.82 Å². The molecule has 1 aromatic carbocycles. The van der Waals surface area contributed by atoms with Gasteiger partial charge in [-0.2, -0.15) is 5.10 Å². The average molecular weight is 381 g/mol.